The lowest BCUT2D eigenvalue weighted by molar-refractivity contribution is 0.0946. The molecule has 4 rings (SSSR count). The second-order valence-electron chi connectivity index (χ2n) is 6.76. The number of carbonyl (C=O) groups excluding carboxylic acids is 1. The molecule has 2 N–H and O–H groups in total. The summed E-state index contributed by atoms with van der Waals surface area (Å²) < 4.78 is 0. The maximum absolute atomic E-state index is 12.5. The first-order valence-electron chi connectivity index (χ1n) is 8.85. The summed E-state index contributed by atoms with van der Waals surface area (Å²) >= 11 is 0. The van der Waals surface area contributed by atoms with Gasteiger partial charge in [-0.3, -0.25) is 9.59 Å². The third-order valence-corrected chi connectivity index (χ3v) is 4.93. The molecule has 1 aromatic heterocycles. The van der Waals surface area contributed by atoms with Crippen molar-refractivity contribution in [3.63, 3.8) is 0 Å². The Morgan fingerprint density at radius 1 is 1.19 bits per heavy atom. The number of anilines is 1. The molecule has 0 bridgehead atoms. The number of nitrogens with zero attached hydrogens (tertiary/aromatic N) is 1. The summed E-state index contributed by atoms with van der Waals surface area (Å²) in [6, 6.07) is 14.9. The van der Waals surface area contributed by atoms with Crippen molar-refractivity contribution in [1.29, 1.82) is 0 Å². The van der Waals surface area contributed by atoms with E-state index < -0.39 is 0 Å². The summed E-state index contributed by atoms with van der Waals surface area (Å²) in [5.74, 6) is -0.275. The minimum absolute atomic E-state index is 0.152. The largest absolute Gasteiger partial charge is 0.374 e. The van der Waals surface area contributed by atoms with E-state index in [1.807, 2.05) is 18.2 Å². The quantitative estimate of drug-likeness (QED) is 0.766. The smallest absolute Gasteiger partial charge is 0.268 e. The second kappa shape index (κ2) is 6.67. The van der Waals surface area contributed by atoms with Crippen molar-refractivity contribution in [3.05, 3.63) is 75.6 Å². The van der Waals surface area contributed by atoms with E-state index in [9.17, 15) is 9.59 Å². The molecule has 0 saturated heterocycles. The fraction of sp³-hybridized carbons (Fsp3) is 0.238. The monoisotopic (exact) mass is 347 g/mol. The summed E-state index contributed by atoms with van der Waals surface area (Å²) in [5, 5.41) is 3.49. The van der Waals surface area contributed by atoms with E-state index in [4.69, 9.17) is 0 Å². The number of rotatable bonds is 3. The highest BCUT2D eigenvalue weighted by molar-refractivity contribution is 5.94. The normalized spacial score (nSPS) is 13.5. The van der Waals surface area contributed by atoms with E-state index in [1.165, 1.54) is 17.3 Å². The van der Waals surface area contributed by atoms with Gasteiger partial charge in [0.1, 0.15) is 5.69 Å². The van der Waals surface area contributed by atoms with Gasteiger partial charge in [-0.1, -0.05) is 24.3 Å². The molecule has 0 aliphatic carbocycles. The molecule has 5 heteroatoms. The van der Waals surface area contributed by atoms with Gasteiger partial charge < -0.3 is 15.2 Å². The minimum atomic E-state index is -0.275. The Bertz CT molecular complexity index is 1040. The average Bonchev–Trinajstić information content (AvgIpc) is 2.66. The number of aryl methyl sites for hydroxylation is 1. The molecule has 0 spiro atoms. The van der Waals surface area contributed by atoms with E-state index in [0.29, 0.717) is 17.4 Å². The molecule has 0 fully saturated rings. The van der Waals surface area contributed by atoms with Crippen molar-refractivity contribution in [3.8, 4) is 0 Å². The number of fused-ring (bicyclic) bond motifs is 2. The van der Waals surface area contributed by atoms with Crippen LogP contribution in [0.3, 0.4) is 0 Å². The summed E-state index contributed by atoms with van der Waals surface area (Å²) in [5.41, 5.74) is 4.46. The maximum atomic E-state index is 12.5. The van der Waals surface area contributed by atoms with Crippen LogP contribution >= 0.6 is 0 Å². The third kappa shape index (κ3) is 3.08. The Morgan fingerprint density at radius 2 is 2.04 bits per heavy atom. The Morgan fingerprint density at radius 3 is 2.92 bits per heavy atom. The first kappa shape index (κ1) is 16.4. The van der Waals surface area contributed by atoms with Gasteiger partial charge in [0.2, 0.25) is 0 Å². The number of nitrogens with one attached hydrogen (secondary N) is 2. The van der Waals surface area contributed by atoms with Crippen molar-refractivity contribution < 1.29 is 4.79 Å². The molecule has 0 atom stereocenters. The van der Waals surface area contributed by atoms with Crippen LogP contribution in [0.15, 0.2) is 53.3 Å². The molecular weight excluding hydrogens is 326 g/mol. The topological polar surface area (TPSA) is 65.2 Å². The van der Waals surface area contributed by atoms with E-state index in [-0.39, 0.29) is 17.0 Å². The zero-order valence-electron chi connectivity index (χ0n) is 14.7. The molecule has 0 saturated carbocycles. The minimum Gasteiger partial charge on any atom is -0.374 e. The second-order valence-corrected chi connectivity index (χ2v) is 6.76. The van der Waals surface area contributed by atoms with Crippen molar-refractivity contribution in [2.75, 3.05) is 18.5 Å². The van der Waals surface area contributed by atoms with Crippen molar-refractivity contribution in [2.24, 2.45) is 0 Å². The number of pyridine rings is 1. The van der Waals surface area contributed by atoms with Crippen LogP contribution in [-0.2, 0) is 13.0 Å². The van der Waals surface area contributed by atoms with Crippen LogP contribution in [0.25, 0.3) is 10.9 Å². The summed E-state index contributed by atoms with van der Waals surface area (Å²) in [6.45, 7) is 1.52. The van der Waals surface area contributed by atoms with Gasteiger partial charge in [-0.25, -0.2) is 0 Å². The summed E-state index contributed by atoms with van der Waals surface area (Å²) in [6.07, 6.45) is 2.22. The third-order valence-electron chi connectivity index (χ3n) is 4.93. The fourth-order valence-corrected chi connectivity index (χ4v) is 3.55. The molecule has 5 nitrogen and oxygen atoms in total. The van der Waals surface area contributed by atoms with Crippen LogP contribution in [0, 0.1) is 0 Å². The predicted octanol–water partition coefficient (Wildman–Crippen LogP) is 2.84. The molecule has 1 amide bonds. The fourth-order valence-electron chi connectivity index (χ4n) is 3.55. The maximum Gasteiger partial charge on any atom is 0.268 e. The number of hydrogen-bond donors (Lipinski definition) is 2. The summed E-state index contributed by atoms with van der Waals surface area (Å²) in [4.78, 5) is 29.9. The average molecular weight is 347 g/mol. The highest BCUT2D eigenvalue weighted by atomic mass is 16.2. The van der Waals surface area contributed by atoms with Crippen LogP contribution in [0.4, 0.5) is 5.69 Å². The van der Waals surface area contributed by atoms with Crippen LogP contribution in [0.5, 0.6) is 0 Å². The zero-order valence-corrected chi connectivity index (χ0v) is 14.7. The number of aromatic amines is 1. The highest BCUT2D eigenvalue weighted by Gasteiger charge is 2.14. The van der Waals surface area contributed by atoms with Crippen molar-refractivity contribution in [2.45, 2.75) is 19.4 Å². The number of benzene rings is 2. The van der Waals surface area contributed by atoms with Crippen molar-refractivity contribution in [1.82, 2.24) is 10.3 Å². The van der Waals surface area contributed by atoms with E-state index in [0.717, 1.165) is 24.9 Å². The molecule has 132 valence electrons. The number of amides is 1. The first-order chi connectivity index (χ1) is 12.6. The molecule has 0 unspecified atom stereocenters. The predicted molar refractivity (Wildman–Crippen MR) is 104 cm³/mol. The van der Waals surface area contributed by atoms with E-state index >= 15 is 0 Å². The zero-order chi connectivity index (χ0) is 18.1. The molecule has 1 aliphatic heterocycles. The van der Waals surface area contributed by atoms with Gasteiger partial charge in [0.05, 0.1) is 0 Å². The van der Waals surface area contributed by atoms with Gasteiger partial charge in [0.15, 0.2) is 5.43 Å². The van der Waals surface area contributed by atoms with E-state index in [1.54, 1.807) is 12.1 Å². The van der Waals surface area contributed by atoms with E-state index in [2.05, 4.69) is 34.4 Å². The number of aromatic nitrogens is 1. The van der Waals surface area contributed by atoms with Crippen LogP contribution in [-0.4, -0.2) is 24.5 Å². The van der Waals surface area contributed by atoms with Crippen LogP contribution in [0.1, 0.15) is 28.0 Å². The van der Waals surface area contributed by atoms with Gasteiger partial charge in [-0.05, 0) is 42.2 Å². The Labute approximate surface area is 151 Å². The number of carbonyl (C=O) groups is 1. The van der Waals surface area contributed by atoms with Gasteiger partial charge in [0, 0.05) is 42.8 Å². The lowest BCUT2D eigenvalue weighted by Crippen LogP contribution is -2.26. The molecular formula is C21H21N3O2. The lowest BCUT2D eigenvalue weighted by Gasteiger charge is -2.27. The first-order valence-corrected chi connectivity index (χ1v) is 8.85. The number of hydrogen-bond acceptors (Lipinski definition) is 3. The molecule has 0 radical (unpaired) electrons. The number of para-hydroxylation sites is 1. The van der Waals surface area contributed by atoms with Crippen LogP contribution in [0.2, 0.25) is 0 Å². The Hall–Kier alpha value is -3.08. The Kier molecular flexibility index (Phi) is 4.21. The van der Waals surface area contributed by atoms with Gasteiger partial charge >= 0.3 is 0 Å². The van der Waals surface area contributed by atoms with Crippen molar-refractivity contribution >= 4 is 22.5 Å². The standard InChI is InChI=1S/C21H21N3O2/c1-24-10-4-5-15-11-14(8-9-19(15)24)13-22-21(26)18-12-20(25)16-6-2-3-7-17(16)23-18/h2-3,6-9,11-12H,4-5,10,13H2,1H3,(H,22,26)(H,23,25). The van der Waals surface area contributed by atoms with Gasteiger partial charge in [-0.15, -0.1) is 0 Å². The summed E-state index contributed by atoms with van der Waals surface area (Å²) in [7, 11) is 2.11. The number of H-pyrrole nitrogens is 1. The van der Waals surface area contributed by atoms with Gasteiger partial charge in [0.25, 0.3) is 5.91 Å². The molecule has 1 aliphatic rings. The lowest BCUT2D eigenvalue weighted by atomic mass is 9.99. The molecule has 26 heavy (non-hydrogen) atoms. The highest BCUT2D eigenvalue weighted by Crippen LogP contribution is 2.26. The molecule has 3 aromatic rings. The Balaban J connectivity index is 1.52. The van der Waals surface area contributed by atoms with Crippen LogP contribution < -0.4 is 15.6 Å². The molecule has 2 aromatic carbocycles. The molecule has 2 heterocycles. The van der Waals surface area contributed by atoms with Gasteiger partial charge in [-0.2, -0.15) is 0 Å². The SMILES string of the molecule is CN1CCCc2cc(CNC(=O)c3cc(=O)c4ccccc4[nH]3)ccc21.